The molecule has 10 rings (SSSR count). The summed E-state index contributed by atoms with van der Waals surface area (Å²) in [6.07, 6.45) is 0. The van der Waals surface area contributed by atoms with Gasteiger partial charge < -0.3 is 8.83 Å². The Morgan fingerprint density at radius 1 is 0.375 bits per heavy atom. The molecule has 48 heavy (non-hydrogen) atoms. The molecular weight excluding hydrogens is 585 g/mol. The highest BCUT2D eigenvalue weighted by atomic mass is 16.3. The van der Waals surface area contributed by atoms with Gasteiger partial charge in [-0.15, -0.1) is 0 Å². The van der Waals surface area contributed by atoms with E-state index in [1.54, 1.807) is 0 Å². The Labute approximate surface area is 282 Å². The first-order valence-electron chi connectivity index (χ1n) is 18.0. The molecule has 0 fully saturated rings. The van der Waals surface area contributed by atoms with E-state index in [1.807, 2.05) is 72.8 Å². The van der Waals surface area contributed by atoms with Crippen LogP contribution in [-0.2, 0) is 0 Å². The van der Waals surface area contributed by atoms with Crippen molar-refractivity contribution in [1.29, 1.82) is 0 Å². The zero-order valence-corrected chi connectivity index (χ0v) is 25.7. The fourth-order valence-corrected chi connectivity index (χ4v) is 7.44. The lowest BCUT2D eigenvalue weighted by molar-refractivity contribution is 0.632. The molecule has 0 atom stereocenters. The molecule has 8 aromatic carbocycles. The zero-order chi connectivity index (χ0) is 35.1. The molecule has 0 aliphatic rings. The second-order valence-corrected chi connectivity index (χ2v) is 12.0. The van der Waals surface area contributed by atoms with Gasteiger partial charge in [-0.25, -0.2) is 0 Å². The molecule has 0 aliphatic carbocycles. The van der Waals surface area contributed by atoms with E-state index in [4.69, 9.17) is 12.9 Å². The van der Waals surface area contributed by atoms with Crippen molar-refractivity contribution in [3.63, 3.8) is 0 Å². The van der Waals surface area contributed by atoms with Gasteiger partial charge in [-0.05, 0) is 62.0 Å². The smallest absolute Gasteiger partial charge is 0.144 e. The number of para-hydroxylation sites is 2. The van der Waals surface area contributed by atoms with Gasteiger partial charge in [-0.1, -0.05) is 152 Å². The molecule has 0 saturated carbocycles. The molecule has 2 nitrogen and oxygen atoms in total. The van der Waals surface area contributed by atoms with E-state index in [-0.39, 0.29) is 29.8 Å². The lowest BCUT2D eigenvalue weighted by Gasteiger charge is -2.18. The van der Waals surface area contributed by atoms with Crippen LogP contribution in [0.25, 0.3) is 99.2 Å². The molecule has 0 N–H and O–H groups in total. The van der Waals surface area contributed by atoms with Gasteiger partial charge in [0.05, 0.1) is 5.48 Å². The fourth-order valence-electron chi connectivity index (χ4n) is 7.44. The van der Waals surface area contributed by atoms with Crippen LogP contribution in [0.1, 0.15) is 5.48 Å². The van der Waals surface area contributed by atoms with Crippen LogP contribution in [0, 0.1) is 0 Å². The molecule has 2 aromatic heterocycles. The van der Waals surface area contributed by atoms with Gasteiger partial charge in [0.1, 0.15) is 22.5 Å². The van der Waals surface area contributed by atoms with Gasteiger partial charge in [0.2, 0.25) is 0 Å². The SMILES string of the molecule is [2H]c1c([2H])c([2H])c2c(oc3c(-c4c(-c5ccccc5)oc5ccccc45)ccc(-c4c5ccccc5c(-c5ccccc5)c5ccccc45)c32)c1[2H]. The summed E-state index contributed by atoms with van der Waals surface area (Å²) in [7, 11) is 0. The number of benzene rings is 8. The third kappa shape index (κ3) is 3.93. The molecule has 0 radical (unpaired) electrons. The minimum Gasteiger partial charge on any atom is -0.455 e. The summed E-state index contributed by atoms with van der Waals surface area (Å²) in [5.74, 6) is 0.680. The predicted octanol–water partition coefficient (Wildman–Crippen LogP) is 13.3. The topological polar surface area (TPSA) is 26.3 Å². The Kier molecular flexibility index (Phi) is 5.08. The lowest BCUT2D eigenvalue weighted by atomic mass is 9.84. The summed E-state index contributed by atoms with van der Waals surface area (Å²) < 4.78 is 48.8. The van der Waals surface area contributed by atoms with Crippen LogP contribution in [0.2, 0.25) is 0 Å². The fraction of sp³-hybridized carbons (Fsp3) is 0. The Morgan fingerprint density at radius 3 is 1.60 bits per heavy atom. The summed E-state index contributed by atoms with van der Waals surface area (Å²) in [4.78, 5) is 0. The highest BCUT2D eigenvalue weighted by Gasteiger charge is 2.25. The molecule has 224 valence electrons. The summed E-state index contributed by atoms with van der Waals surface area (Å²) in [5, 5.41) is 6.12. The minimum absolute atomic E-state index is 0.123. The van der Waals surface area contributed by atoms with Gasteiger partial charge in [-0.2, -0.15) is 0 Å². The van der Waals surface area contributed by atoms with Crippen LogP contribution >= 0.6 is 0 Å². The number of furan rings is 2. The molecular formula is C46H28O2. The molecule has 2 heterocycles. The first kappa shape index (κ1) is 23.0. The van der Waals surface area contributed by atoms with Crippen molar-refractivity contribution < 1.29 is 14.3 Å². The molecule has 0 unspecified atom stereocenters. The van der Waals surface area contributed by atoms with Crippen LogP contribution in [0.5, 0.6) is 0 Å². The molecule has 0 bridgehead atoms. The molecule has 0 spiro atoms. The Balaban J connectivity index is 1.41. The van der Waals surface area contributed by atoms with E-state index in [0.29, 0.717) is 22.1 Å². The maximum absolute atomic E-state index is 9.24. The Hall–Kier alpha value is -6.38. The molecule has 0 saturated heterocycles. The normalized spacial score (nSPS) is 12.9. The zero-order valence-electron chi connectivity index (χ0n) is 29.7. The minimum atomic E-state index is -0.332. The summed E-state index contributed by atoms with van der Waals surface area (Å²) in [5.41, 5.74) is 7.85. The molecule has 0 amide bonds. The van der Waals surface area contributed by atoms with Crippen molar-refractivity contribution in [3.05, 3.63) is 170 Å². The third-order valence-electron chi connectivity index (χ3n) is 9.43. The average Bonchev–Trinajstić information content (AvgIpc) is 3.79. The molecule has 0 aliphatic heterocycles. The van der Waals surface area contributed by atoms with Crippen LogP contribution in [0.4, 0.5) is 0 Å². The first-order chi connectivity index (χ1) is 25.5. The number of hydrogen-bond donors (Lipinski definition) is 0. The largest absolute Gasteiger partial charge is 0.455 e. The molecule has 2 heteroatoms. The second-order valence-electron chi connectivity index (χ2n) is 12.0. The molecule has 10 aromatic rings. The van der Waals surface area contributed by atoms with E-state index in [1.165, 1.54) is 0 Å². The Bertz CT molecular complexity index is 2990. The van der Waals surface area contributed by atoms with E-state index < -0.39 is 0 Å². The standard InChI is InChI=1S/C46H28O2/c1-3-15-29(16-4-1)41-31-19-7-9-21-33(31)42(34-22-10-8-20-32(34)41)37-27-28-38(46-43(37)35-23-11-14-26-40(35)48-46)44-36-24-12-13-25-39(36)47-45(44)30-17-5-2-6-18-30/h1-28H/i11D,14D,23D,26D. The highest BCUT2D eigenvalue weighted by molar-refractivity contribution is 6.27. The highest BCUT2D eigenvalue weighted by Crippen LogP contribution is 2.50. The monoisotopic (exact) mass is 616 g/mol. The van der Waals surface area contributed by atoms with Gasteiger partial charge in [-0.3, -0.25) is 0 Å². The van der Waals surface area contributed by atoms with Gasteiger partial charge in [0.15, 0.2) is 0 Å². The van der Waals surface area contributed by atoms with Crippen LogP contribution in [0.3, 0.4) is 0 Å². The number of hydrogen-bond acceptors (Lipinski definition) is 2. The summed E-state index contributed by atoms with van der Waals surface area (Å²) in [6.45, 7) is 0. The van der Waals surface area contributed by atoms with Crippen molar-refractivity contribution in [3.8, 4) is 44.7 Å². The van der Waals surface area contributed by atoms with Crippen molar-refractivity contribution in [1.82, 2.24) is 0 Å². The number of rotatable bonds is 4. The third-order valence-corrected chi connectivity index (χ3v) is 9.43. The van der Waals surface area contributed by atoms with Gasteiger partial charge >= 0.3 is 0 Å². The van der Waals surface area contributed by atoms with Crippen molar-refractivity contribution in [2.24, 2.45) is 0 Å². The average molecular weight is 617 g/mol. The quantitative estimate of drug-likeness (QED) is 0.184. The summed E-state index contributed by atoms with van der Waals surface area (Å²) >= 11 is 0. The van der Waals surface area contributed by atoms with E-state index in [9.17, 15) is 1.37 Å². The number of fused-ring (bicyclic) bond motifs is 6. The second kappa shape index (κ2) is 10.6. The van der Waals surface area contributed by atoms with E-state index in [0.717, 1.165) is 71.5 Å². The first-order valence-corrected chi connectivity index (χ1v) is 16.0. The van der Waals surface area contributed by atoms with E-state index >= 15 is 0 Å². The van der Waals surface area contributed by atoms with Crippen LogP contribution in [0.15, 0.2) is 179 Å². The predicted molar refractivity (Wildman–Crippen MR) is 200 cm³/mol. The summed E-state index contributed by atoms with van der Waals surface area (Å²) in [6, 6.07) is 48.2. The Morgan fingerprint density at radius 2 is 0.917 bits per heavy atom. The lowest BCUT2D eigenvalue weighted by Crippen LogP contribution is -1.92. The van der Waals surface area contributed by atoms with Crippen LogP contribution in [-0.4, -0.2) is 0 Å². The van der Waals surface area contributed by atoms with Crippen molar-refractivity contribution >= 4 is 54.5 Å². The maximum Gasteiger partial charge on any atom is 0.144 e. The van der Waals surface area contributed by atoms with Crippen molar-refractivity contribution in [2.45, 2.75) is 0 Å². The maximum atomic E-state index is 9.24. The van der Waals surface area contributed by atoms with E-state index in [2.05, 4.69) is 72.8 Å². The van der Waals surface area contributed by atoms with Gasteiger partial charge in [0.25, 0.3) is 0 Å². The van der Waals surface area contributed by atoms with Gasteiger partial charge in [0, 0.05) is 32.8 Å². The van der Waals surface area contributed by atoms with Crippen molar-refractivity contribution in [2.75, 3.05) is 0 Å². The van der Waals surface area contributed by atoms with Crippen LogP contribution < -0.4 is 0 Å².